The summed E-state index contributed by atoms with van der Waals surface area (Å²) in [5, 5.41) is 0. The number of nitrogens with zero attached hydrogens (tertiary/aromatic N) is 2. The van der Waals surface area contributed by atoms with Crippen molar-refractivity contribution in [1.29, 1.82) is 0 Å². The van der Waals surface area contributed by atoms with Crippen molar-refractivity contribution in [2.45, 2.75) is 25.7 Å². The lowest BCUT2D eigenvalue weighted by Crippen LogP contribution is -2.51. The van der Waals surface area contributed by atoms with E-state index in [2.05, 4.69) is 0 Å². The van der Waals surface area contributed by atoms with Crippen LogP contribution in [0.5, 0.6) is 0 Å². The summed E-state index contributed by atoms with van der Waals surface area (Å²) in [6.07, 6.45) is 4.24. The summed E-state index contributed by atoms with van der Waals surface area (Å²) in [4.78, 5) is 0. The highest BCUT2D eigenvalue weighted by atomic mass is 32.2. The summed E-state index contributed by atoms with van der Waals surface area (Å²) >= 11 is 0. The first-order valence-electron chi connectivity index (χ1n) is 4.96. The fraction of sp³-hybridized carbons (Fsp3) is 1.00. The van der Waals surface area contributed by atoms with E-state index in [0.29, 0.717) is 0 Å². The standard InChI is InChI=1S/C8H16N2O2S/c11-13(12,10-7-4-8-10)9-5-2-1-3-6-9/h1-8H2. The van der Waals surface area contributed by atoms with Gasteiger partial charge in [-0.1, -0.05) is 6.42 Å². The minimum atomic E-state index is -3.06. The van der Waals surface area contributed by atoms with Gasteiger partial charge >= 0.3 is 0 Å². The van der Waals surface area contributed by atoms with Crippen LogP contribution in [0.1, 0.15) is 25.7 Å². The summed E-state index contributed by atoms with van der Waals surface area (Å²) in [6.45, 7) is 2.88. The molecule has 0 saturated carbocycles. The average Bonchev–Trinajstić information content (AvgIpc) is 2.02. The number of hydrogen-bond acceptors (Lipinski definition) is 2. The van der Waals surface area contributed by atoms with E-state index >= 15 is 0 Å². The lowest BCUT2D eigenvalue weighted by molar-refractivity contribution is 0.257. The molecule has 0 aromatic rings. The highest BCUT2D eigenvalue weighted by Crippen LogP contribution is 2.20. The van der Waals surface area contributed by atoms with Crippen molar-refractivity contribution in [3.63, 3.8) is 0 Å². The van der Waals surface area contributed by atoms with E-state index in [1.807, 2.05) is 0 Å². The molecule has 4 nitrogen and oxygen atoms in total. The van der Waals surface area contributed by atoms with E-state index in [9.17, 15) is 8.42 Å². The van der Waals surface area contributed by atoms with E-state index in [4.69, 9.17) is 0 Å². The zero-order chi connectivity index (χ0) is 9.31. The monoisotopic (exact) mass is 204 g/mol. The first-order chi connectivity index (χ1) is 6.21. The average molecular weight is 204 g/mol. The van der Waals surface area contributed by atoms with Crippen molar-refractivity contribution in [2.75, 3.05) is 26.2 Å². The van der Waals surface area contributed by atoms with E-state index in [0.717, 1.165) is 45.4 Å². The zero-order valence-electron chi connectivity index (χ0n) is 7.78. The number of hydrogen-bond donors (Lipinski definition) is 0. The lowest BCUT2D eigenvalue weighted by Gasteiger charge is -2.36. The van der Waals surface area contributed by atoms with Gasteiger partial charge < -0.3 is 0 Å². The Balaban J connectivity index is 2.03. The second kappa shape index (κ2) is 3.55. The van der Waals surface area contributed by atoms with Crippen molar-refractivity contribution in [3.05, 3.63) is 0 Å². The molecule has 0 amide bonds. The Hall–Kier alpha value is -0.130. The Morgan fingerprint density at radius 3 is 1.54 bits per heavy atom. The molecule has 0 aliphatic carbocycles. The van der Waals surface area contributed by atoms with Crippen LogP contribution in [-0.4, -0.2) is 43.2 Å². The third kappa shape index (κ3) is 1.73. The zero-order valence-corrected chi connectivity index (χ0v) is 8.59. The van der Waals surface area contributed by atoms with Crippen LogP contribution in [0.3, 0.4) is 0 Å². The molecule has 2 saturated heterocycles. The fourth-order valence-electron chi connectivity index (χ4n) is 1.78. The van der Waals surface area contributed by atoms with Crippen LogP contribution in [0.25, 0.3) is 0 Å². The van der Waals surface area contributed by atoms with Crippen molar-refractivity contribution < 1.29 is 8.42 Å². The summed E-state index contributed by atoms with van der Waals surface area (Å²) < 4.78 is 26.9. The van der Waals surface area contributed by atoms with Gasteiger partial charge in [0, 0.05) is 26.2 Å². The largest absolute Gasteiger partial charge is 0.281 e. The van der Waals surface area contributed by atoms with Gasteiger partial charge in [-0.3, -0.25) is 0 Å². The first kappa shape index (κ1) is 9.43. The van der Waals surface area contributed by atoms with Gasteiger partial charge in [-0.25, -0.2) is 0 Å². The van der Waals surface area contributed by atoms with Gasteiger partial charge in [0.05, 0.1) is 0 Å². The van der Waals surface area contributed by atoms with Crippen LogP contribution in [0, 0.1) is 0 Å². The summed E-state index contributed by atoms with van der Waals surface area (Å²) in [5.74, 6) is 0. The minimum Gasteiger partial charge on any atom is -0.195 e. The van der Waals surface area contributed by atoms with Gasteiger partial charge in [0.2, 0.25) is 0 Å². The molecule has 2 fully saturated rings. The van der Waals surface area contributed by atoms with Crippen molar-refractivity contribution in [1.82, 2.24) is 8.61 Å². The van der Waals surface area contributed by atoms with E-state index < -0.39 is 10.2 Å². The maximum Gasteiger partial charge on any atom is 0.281 e. The molecule has 0 bridgehead atoms. The van der Waals surface area contributed by atoms with Gasteiger partial charge in [-0.15, -0.1) is 0 Å². The molecule has 0 unspecified atom stereocenters. The molecule has 2 heterocycles. The third-order valence-corrected chi connectivity index (χ3v) is 4.82. The second-order valence-corrected chi connectivity index (χ2v) is 5.65. The van der Waals surface area contributed by atoms with E-state index in [1.54, 1.807) is 8.61 Å². The van der Waals surface area contributed by atoms with Crippen LogP contribution in [-0.2, 0) is 10.2 Å². The van der Waals surface area contributed by atoms with Gasteiger partial charge in [0.1, 0.15) is 0 Å². The molecule has 0 radical (unpaired) electrons. The molecule has 5 heteroatoms. The van der Waals surface area contributed by atoms with Crippen molar-refractivity contribution in [2.24, 2.45) is 0 Å². The minimum absolute atomic E-state index is 0.721. The van der Waals surface area contributed by atoms with E-state index in [1.165, 1.54) is 6.42 Å². The molecule has 0 spiro atoms. The lowest BCUT2D eigenvalue weighted by atomic mass is 10.2. The van der Waals surface area contributed by atoms with Crippen molar-refractivity contribution >= 4 is 10.2 Å². The summed E-state index contributed by atoms with van der Waals surface area (Å²) in [6, 6.07) is 0. The molecule has 0 atom stereocenters. The smallest absolute Gasteiger partial charge is 0.195 e. The molecule has 0 N–H and O–H groups in total. The Morgan fingerprint density at radius 1 is 0.692 bits per heavy atom. The van der Waals surface area contributed by atoms with Crippen LogP contribution in [0.4, 0.5) is 0 Å². The Morgan fingerprint density at radius 2 is 1.15 bits per heavy atom. The summed E-state index contributed by atoms with van der Waals surface area (Å²) in [7, 11) is -3.06. The fourth-order valence-corrected chi connectivity index (χ4v) is 3.54. The molecule has 2 aliphatic rings. The second-order valence-electron chi connectivity index (χ2n) is 3.72. The van der Waals surface area contributed by atoms with Crippen LogP contribution >= 0.6 is 0 Å². The normalized spacial score (nSPS) is 27.1. The number of rotatable bonds is 2. The predicted octanol–water partition coefficient (Wildman–Crippen LogP) is 0.423. The SMILES string of the molecule is O=S(=O)(N1CCCCC1)N1CCC1. The summed E-state index contributed by atoms with van der Waals surface area (Å²) in [5.41, 5.74) is 0. The number of piperidine rings is 1. The van der Waals surface area contributed by atoms with Gasteiger partial charge in [0.25, 0.3) is 10.2 Å². The maximum absolute atomic E-state index is 11.8. The van der Waals surface area contributed by atoms with Crippen LogP contribution in [0.15, 0.2) is 0 Å². The van der Waals surface area contributed by atoms with Crippen LogP contribution < -0.4 is 0 Å². The molecule has 0 aromatic carbocycles. The first-order valence-corrected chi connectivity index (χ1v) is 6.36. The van der Waals surface area contributed by atoms with Crippen LogP contribution in [0.2, 0.25) is 0 Å². The topological polar surface area (TPSA) is 40.6 Å². The van der Waals surface area contributed by atoms with Gasteiger partial charge in [-0.2, -0.15) is 17.0 Å². The highest BCUT2D eigenvalue weighted by molar-refractivity contribution is 7.86. The third-order valence-electron chi connectivity index (χ3n) is 2.78. The molecule has 76 valence electrons. The quantitative estimate of drug-likeness (QED) is 0.654. The Kier molecular flexibility index (Phi) is 2.58. The van der Waals surface area contributed by atoms with E-state index in [-0.39, 0.29) is 0 Å². The molecule has 13 heavy (non-hydrogen) atoms. The highest BCUT2D eigenvalue weighted by Gasteiger charge is 2.33. The Labute approximate surface area is 79.7 Å². The molecule has 2 aliphatic heterocycles. The van der Waals surface area contributed by atoms with Gasteiger partial charge in [0.15, 0.2) is 0 Å². The molecule has 2 rings (SSSR count). The Bertz CT molecular complexity index is 266. The van der Waals surface area contributed by atoms with Crippen molar-refractivity contribution in [3.8, 4) is 0 Å². The molecule has 0 aromatic heterocycles. The predicted molar refractivity (Wildman–Crippen MR) is 50.5 cm³/mol. The van der Waals surface area contributed by atoms with Gasteiger partial charge in [-0.05, 0) is 19.3 Å². The molecular weight excluding hydrogens is 188 g/mol. The maximum atomic E-state index is 11.8. The molecular formula is C8H16N2O2S.